The molecule has 1 aliphatic carbocycles. The Kier molecular flexibility index (Phi) is 8.10. The SMILES string of the molecule is CN=C(NCc1ccnc(N2CCN(C)CC2)c1)NCC1(c2cccc(F)c2)CC1.I. The van der Waals surface area contributed by atoms with Crippen LogP contribution in [-0.2, 0) is 12.0 Å². The number of nitrogens with zero attached hydrogens (tertiary/aromatic N) is 4. The summed E-state index contributed by atoms with van der Waals surface area (Å²) in [5, 5.41) is 6.82. The summed E-state index contributed by atoms with van der Waals surface area (Å²) < 4.78 is 13.6. The molecule has 168 valence electrons. The third-order valence-corrected chi connectivity index (χ3v) is 6.21. The smallest absolute Gasteiger partial charge is 0.191 e. The minimum Gasteiger partial charge on any atom is -0.356 e. The van der Waals surface area contributed by atoms with Crippen molar-refractivity contribution in [2.45, 2.75) is 24.8 Å². The van der Waals surface area contributed by atoms with Crippen LogP contribution in [0.5, 0.6) is 0 Å². The average Bonchev–Trinajstić information content (AvgIpc) is 3.56. The zero-order valence-electron chi connectivity index (χ0n) is 18.3. The lowest BCUT2D eigenvalue weighted by Crippen LogP contribution is -2.44. The van der Waals surface area contributed by atoms with Crippen molar-refractivity contribution >= 4 is 35.8 Å². The molecule has 2 heterocycles. The van der Waals surface area contributed by atoms with E-state index in [9.17, 15) is 4.39 Å². The summed E-state index contributed by atoms with van der Waals surface area (Å²) in [4.78, 5) is 13.6. The normalized spacial score (nSPS) is 18.3. The van der Waals surface area contributed by atoms with Gasteiger partial charge in [-0.3, -0.25) is 4.99 Å². The molecule has 0 spiro atoms. The van der Waals surface area contributed by atoms with E-state index in [0.29, 0.717) is 6.54 Å². The van der Waals surface area contributed by atoms with E-state index in [1.807, 2.05) is 18.3 Å². The Morgan fingerprint density at radius 2 is 1.90 bits per heavy atom. The number of hydrogen-bond donors (Lipinski definition) is 2. The predicted molar refractivity (Wildman–Crippen MR) is 135 cm³/mol. The Morgan fingerprint density at radius 1 is 1.13 bits per heavy atom. The van der Waals surface area contributed by atoms with Gasteiger partial charge in [0.15, 0.2) is 5.96 Å². The fourth-order valence-electron chi connectivity index (χ4n) is 3.98. The Bertz CT molecular complexity index is 893. The summed E-state index contributed by atoms with van der Waals surface area (Å²) in [6.07, 6.45) is 4.02. The molecule has 1 aliphatic heterocycles. The first-order chi connectivity index (χ1) is 14.6. The van der Waals surface area contributed by atoms with Crippen molar-refractivity contribution in [3.63, 3.8) is 0 Å². The van der Waals surface area contributed by atoms with E-state index in [1.54, 1.807) is 19.2 Å². The molecule has 6 nitrogen and oxygen atoms in total. The van der Waals surface area contributed by atoms with Crippen molar-refractivity contribution in [3.05, 3.63) is 59.5 Å². The fraction of sp³-hybridized carbons (Fsp3) is 0.478. The first-order valence-corrected chi connectivity index (χ1v) is 10.7. The minimum atomic E-state index is -0.171. The summed E-state index contributed by atoms with van der Waals surface area (Å²) in [7, 11) is 3.93. The average molecular weight is 538 g/mol. The molecule has 1 saturated carbocycles. The molecule has 2 aromatic rings. The van der Waals surface area contributed by atoms with Crippen LogP contribution in [0.1, 0.15) is 24.0 Å². The molecule has 1 saturated heterocycles. The molecule has 2 aliphatic rings. The van der Waals surface area contributed by atoms with Crippen LogP contribution in [-0.4, -0.2) is 62.7 Å². The molecule has 1 aromatic heterocycles. The summed E-state index contributed by atoms with van der Waals surface area (Å²) in [5.74, 6) is 1.62. The van der Waals surface area contributed by atoms with E-state index >= 15 is 0 Å². The highest BCUT2D eigenvalue weighted by Gasteiger charge is 2.44. The highest BCUT2D eigenvalue weighted by Crippen LogP contribution is 2.47. The topological polar surface area (TPSA) is 55.8 Å². The molecule has 31 heavy (non-hydrogen) atoms. The van der Waals surface area contributed by atoms with Crippen LogP contribution in [0.25, 0.3) is 0 Å². The first-order valence-electron chi connectivity index (χ1n) is 10.7. The van der Waals surface area contributed by atoms with Crippen LogP contribution in [0.2, 0.25) is 0 Å². The second kappa shape index (κ2) is 10.6. The highest BCUT2D eigenvalue weighted by molar-refractivity contribution is 14.0. The maximum atomic E-state index is 13.6. The van der Waals surface area contributed by atoms with Crippen LogP contribution in [0.3, 0.4) is 0 Å². The molecule has 4 rings (SSSR count). The van der Waals surface area contributed by atoms with E-state index in [2.05, 4.69) is 43.5 Å². The molecule has 2 fully saturated rings. The van der Waals surface area contributed by atoms with Crippen molar-refractivity contribution in [1.29, 1.82) is 0 Å². The number of aliphatic imine (C=N–C) groups is 1. The van der Waals surface area contributed by atoms with Crippen LogP contribution < -0.4 is 15.5 Å². The number of hydrogen-bond acceptors (Lipinski definition) is 4. The predicted octanol–water partition coefficient (Wildman–Crippen LogP) is 2.99. The van der Waals surface area contributed by atoms with Gasteiger partial charge in [-0.25, -0.2) is 9.37 Å². The van der Waals surface area contributed by atoms with Crippen molar-refractivity contribution < 1.29 is 4.39 Å². The van der Waals surface area contributed by atoms with Gasteiger partial charge in [-0.15, -0.1) is 24.0 Å². The zero-order valence-corrected chi connectivity index (χ0v) is 20.6. The molecule has 0 unspecified atom stereocenters. The van der Waals surface area contributed by atoms with Gasteiger partial charge < -0.3 is 20.4 Å². The fourth-order valence-corrected chi connectivity index (χ4v) is 3.98. The highest BCUT2D eigenvalue weighted by atomic mass is 127. The van der Waals surface area contributed by atoms with Gasteiger partial charge in [0.1, 0.15) is 11.6 Å². The van der Waals surface area contributed by atoms with Crippen molar-refractivity contribution in [2.24, 2.45) is 4.99 Å². The van der Waals surface area contributed by atoms with Crippen molar-refractivity contribution in [3.8, 4) is 0 Å². The van der Waals surface area contributed by atoms with Crippen molar-refractivity contribution in [1.82, 2.24) is 20.5 Å². The Balaban J connectivity index is 0.00000272. The molecule has 8 heteroatoms. The third kappa shape index (κ3) is 6.06. The molecule has 0 bridgehead atoms. The Morgan fingerprint density at radius 3 is 2.58 bits per heavy atom. The third-order valence-electron chi connectivity index (χ3n) is 6.21. The number of nitrogens with one attached hydrogen (secondary N) is 2. The van der Waals surface area contributed by atoms with Gasteiger partial charge in [0.05, 0.1) is 0 Å². The second-order valence-corrected chi connectivity index (χ2v) is 8.38. The van der Waals surface area contributed by atoms with Crippen LogP contribution >= 0.6 is 24.0 Å². The summed E-state index contributed by atoms with van der Waals surface area (Å²) in [5.41, 5.74) is 2.26. The number of rotatable bonds is 6. The lowest BCUT2D eigenvalue weighted by Gasteiger charge is -2.33. The monoisotopic (exact) mass is 538 g/mol. The van der Waals surface area contributed by atoms with E-state index < -0.39 is 0 Å². The molecule has 0 atom stereocenters. The van der Waals surface area contributed by atoms with Gasteiger partial charge >= 0.3 is 0 Å². The first kappa shape index (κ1) is 23.7. The van der Waals surface area contributed by atoms with Gasteiger partial charge in [-0.1, -0.05) is 12.1 Å². The maximum absolute atomic E-state index is 13.6. The van der Waals surface area contributed by atoms with Crippen molar-refractivity contribution in [2.75, 3.05) is 51.7 Å². The van der Waals surface area contributed by atoms with Gasteiger partial charge in [0, 0.05) is 57.9 Å². The Labute approximate surface area is 201 Å². The summed E-state index contributed by atoms with van der Waals surface area (Å²) >= 11 is 0. The van der Waals surface area contributed by atoms with Crippen LogP contribution in [0.15, 0.2) is 47.6 Å². The van der Waals surface area contributed by atoms with E-state index in [1.165, 1.54) is 11.6 Å². The molecule has 0 radical (unpaired) electrons. The maximum Gasteiger partial charge on any atom is 0.191 e. The van der Waals surface area contributed by atoms with Gasteiger partial charge in [0.2, 0.25) is 0 Å². The Hall–Kier alpha value is -1.94. The number of likely N-dealkylation sites (N-methyl/N-ethyl adjacent to an activating group) is 1. The lowest BCUT2D eigenvalue weighted by molar-refractivity contribution is 0.312. The van der Waals surface area contributed by atoms with Gasteiger partial charge in [-0.05, 0) is 55.3 Å². The molecule has 0 amide bonds. The van der Waals surface area contributed by atoms with E-state index in [4.69, 9.17) is 0 Å². The van der Waals surface area contributed by atoms with Crippen LogP contribution in [0.4, 0.5) is 10.2 Å². The van der Waals surface area contributed by atoms with E-state index in [-0.39, 0.29) is 35.2 Å². The standard InChI is InChI=1S/C23H31FN6.HI/c1-25-22(28-17-23(7-8-23)19-4-3-5-20(24)15-19)27-16-18-6-9-26-21(14-18)30-12-10-29(2)11-13-30;/h3-6,9,14-15H,7-8,10-13,16-17H2,1-2H3,(H2,25,27,28);1H. The summed E-state index contributed by atoms with van der Waals surface area (Å²) in [6.45, 7) is 5.56. The number of pyridine rings is 1. The molecular formula is C23H32FIN6. The number of benzene rings is 1. The number of halogens is 2. The molecular weight excluding hydrogens is 506 g/mol. The number of aromatic nitrogens is 1. The molecule has 1 aromatic carbocycles. The quantitative estimate of drug-likeness (QED) is 0.337. The van der Waals surface area contributed by atoms with E-state index in [0.717, 1.165) is 62.9 Å². The lowest BCUT2D eigenvalue weighted by atomic mass is 9.96. The number of anilines is 1. The molecule has 2 N–H and O–H groups in total. The zero-order chi connectivity index (χ0) is 21.0. The minimum absolute atomic E-state index is 0. The van der Waals surface area contributed by atoms with Crippen LogP contribution in [0, 0.1) is 5.82 Å². The number of piperazine rings is 1. The summed E-state index contributed by atoms with van der Waals surface area (Å²) in [6, 6.07) is 11.2. The van der Waals surface area contributed by atoms with Gasteiger partial charge in [-0.2, -0.15) is 0 Å². The number of guanidine groups is 1. The largest absolute Gasteiger partial charge is 0.356 e. The second-order valence-electron chi connectivity index (χ2n) is 8.38. The van der Waals surface area contributed by atoms with Gasteiger partial charge in [0.25, 0.3) is 0 Å².